The lowest BCUT2D eigenvalue weighted by atomic mass is 10.0. The second-order valence-corrected chi connectivity index (χ2v) is 12.6. The molecule has 1 aliphatic rings. The Hall–Kier alpha value is -1.84. The number of aromatic nitrogens is 1. The van der Waals surface area contributed by atoms with Crippen molar-refractivity contribution in [1.82, 2.24) is 0 Å². The average Bonchev–Trinajstić information content (AvgIpc) is 2.62. The molecular formula is C22H24NSSi+. The van der Waals surface area contributed by atoms with Gasteiger partial charge in [0.2, 0.25) is 5.69 Å². The molecular weight excluding hydrogens is 338 g/mol. The van der Waals surface area contributed by atoms with E-state index in [4.69, 9.17) is 4.11 Å². The molecule has 3 heteroatoms. The highest BCUT2D eigenvalue weighted by molar-refractivity contribution is 8.00. The number of rotatable bonds is 1. The highest BCUT2D eigenvalue weighted by Gasteiger charge is 2.39. The van der Waals surface area contributed by atoms with Crippen molar-refractivity contribution >= 4 is 30.2 Å². The van der Waals surface area contributed by atoms with Crippen molar-refractivity contribution in [2.45, 2.75) is 36.7 Å². The zero-order valence-corrected chi connectivity index (χ0v) is 16.9. The average molecular weight is 366 g/mol. The molecule has 0 spiro atoms. The number of aryl methyl sites for hydroxylation is 3. The summed E-state index contributed by atoms with van der Waals surface area (Å²) in [5.74, 6) is 0. The summed E-state index contributed by atoms with van der Waals surface area (Å²) in [6, 6.07) is 16.9. The first-order valence-corrected chi connectivity index (χ1v) is 12.3. The Balaban J connectivity index is 1.97. The van der Waals surface area contributed by atoms with Gasteiger partial charge in [0.05, 0.1) is 0 Å². The van der Waals surface area contributed by atoms with Gasteiger partial charge in [0.1, 0.15) is 15.1 Å². The molecule has 1 aliphatic heterocycles. The van der Waals surface area contributed by atoms with Gasteiger partial charge in [0.25, 0.3) is 0 Å². The van der Waals surface area contributed by atoms with Crippen LogP contribution in [0.4, 0.5) is 0 Å². The highest BCUT2D eigenvalue weighted by Crippen LogP contribution is 2.36. The van der Waals surface area contributed by atoms with Crippen LogP contribution in [0.25, 0.3) is 11.3 Å². The predicted molar refractivity (Wildman–Crippen MR) is 110 cm³/mol. The Labute approximate surface area is 160 Å². The molecule has 0 aliphatic carbocycles. The lowest BCUT2D eigenvalue weighted by Gasteiger charge is -2.34. The fraction of sp³-hybridized carbons (Fsp3) is 0.227. The Morgan fingerprint density at radius 1 is 1.00 bits per heavy atom. The van der Waals surface area contributed by atoms with Crippen molar-refractivity contribution in [3.05, 3.63) is 65.9 Å². The van der Waals surface area contributed by atoms with E-state index >= 15 is 0 Å². The Morgan fingerprint density at radius 3 is 2.56 bits per heavy atom. The van der Waals surface area contributed by atoms with Gasteiger partial charge >= 0.3 is 0 Å². The molecule has 0 amide bonds. The Bertz CT molecular complexity index is 1090. The third-order valence-corrected chi connectivity index (χ3v) is 10.2. The summed E-state index contributed by atoms with van der Waals surface area (Å²) in [5.41, 5.74) is 3.94. The molecule has 0 radical (unpaired) electrons. The number of nitrogens with zero attached hydrogens (tertiary/aromatic N) is 1. The van der Waals surface area contributed by atoms with Gasteiger partial charge in [-0.3, -0.25) is 0 Å². The molecule has 126 valence electrons. The summed E-state index contributed by atoms with van der Waals surface area (Å²) in [5, 5.41) is 2.93. The Morgan fingerprint density at radius 2 is 1.80 bits per heavy atom. The predicted octanol–water partition coefficient (Wildman–Crippen LogP) is 4.08. The van der Waals surface area contributed by atoms with Gasteiger partial charge in [0.15, 0.2) is 6.20 Å². The maximum Gasteiger partial charge on any atom is 0.212 e. The summed E-state index contributed by atoms with van der Waals surface area (Å²) in [6.45, 7) is 4.90. The molecule has 4 rings (SSSR count). The van der Waals surface area contributed by atoms with E-state index in [0.717, 1.165) is 5.69 Å². The van der Waals surface area contributed by atoms with Gasteiger partial charge < -0.3 is 0 Å². The monoisotopic (exact) mass is 365 g/mol. The molecule has 0 bridgehead atoms. The van der Waals surface area contributed by atoms with Gasteiger partial charge in [-0.1, -0.05) is 49.1 Å². The molecule has 0 atom stereocenters. The smallest absolute Gasteiger partial charge is 0.201 e. The second kappa shape index (κ2) is 5.86. The summed E-state index contributed by atoms with van der Waals surface area (Å²) >= 11 is 1.85. The summed E-state index contributed by atoms with van der Waals surface area (Å²) < 4.78 is 25.1. The number of hydrogen-bond donors (Lipinski definition) is 0. The number of fused-ring (bicyclic) bond motifs is 2. The molecule has 0 fully saturated rings. The van der Waals surface area contributed by atoms with Gasteiger partial charge in [-0.25, -0.2) is 4.57 Å². The van der Waals surface area contributed by atoms with Gasteiger partial charge in [-0.2, -0.15) is 0 Å². The van der Waals surface area contributed by atoms with Crippen LogP contribution in [0.2, 0.25) is 13.1 Å². The van der Waals surface area contributed by atoms with E-state index in [0.29, 0.717) is 5.56 Å². The van der Waals surface area contributed by atoms with Crippen molar-refractivity contribution in [1.29, 1.82) is 0 Å². The minimum atomic E-state index is -2.09. The van der Waals surface area contributed by atoms with E-state index in [-0.39, 0.29) is 0 Å². The van der Waals surface area contributed by atoms with Crippen LogP contribution in [-0.2, 0) is 7.05 Å². The number of pyridine rings is 1. The lowest BCUT2D eigenvalue weighted by Crippen LogP contribution is -2.57. The third-order valence-electron chi connectivity index (χ3n) is 5.17. The molecule has 0 N–H and O–H groups in total. The van der Waals surface area contributed by atoms with Crippen molar-refractivity contribution in [3.63, 3.8) is 0 Å². The van der Waals surface area contributed by atoms with Crippen molar-refractivity contribution in [3.8, 4) is 11.3 Å². The van der Waals surface area contributed by atoms with E-state index < -0.39 is 14.9 Å². The van der Waals surface area contributed by atoms with Gasteiger partial charge in [-0.15, -0.1) is 0 Å². The van der Waals surface area contributed by atoms with Crippen molar-refractivity contribution in [2.24, 2.45) is 7.05 Å². The first-order valence-electron chi connectivity index (χ1n) is 10.0. The minimum absolute atomic E-state index is 0.373. The van der Waals surface area contributed by atoms with E-state index in [1.165, 1.54) is 31.3 Å². The lowest BCUT2D eigenvalue weighted by molar-refractivity contribution is -0.660. The number of benzene rings is 2. The maximum absolute atomic E-state index is 7.71. The molecule has 1 aromatic heterocycles. The van der Waals surface area contributed by atoms with E-state index in [9.17, 15) is 0 Å². The largest absolute Gasteiger partial charge is 0.212 e. The van der Waals surface area contributed by atoms with Crippen LogP contribution in [-0.4, -0.2) is 8.07 Å². The van der Waals surface area contributed by atoms with Crippen LogP contribution in [0.1, 0.15) is 15.2 Å². The van der Waals surface area contributed by atoms with Crippen LogP contribution in [0.5, 0.6) is 0 Å². The summed E-state index contributed by atoms with van der Waals surface area (Å²) in [4.78, 5) is 2.69. The van der Waals surface area contributed by atoms with Gasteiger partial charge in [0, 0.05) is 31.1 Å². The second-order valence-electron chi connectivity index (χ2n) is 7.27. The summed E-state index contributed by atoms with van der Waals surface area (Å²) in [7, 11) is 0.0373. The standard InChI is InChI=1S/C22H24NSSi/c1-15-10-12-17(23(3)14-15)21-16(2)11-13-19-22(21)25(4,5)20-9-7-6-8-18(20)24-19/h6-14H,1-5H3/q+1/i1D3. The molecule has 1 nitrogen and oxygen atoms in total. The highest BCUT2D eigenvalue weighted by atomic mass is 32.2. The van der Waals surface area contributed by atoms with Crippen LogP contribution in [0, 0.1) is 13.8 Å². The third kappa shape index (κ3) is 2.57. The first kappa shape index (κ1) is 13.4. The molecule has 0 saturated carbocycles. The van der Waals surface area contributed by atoms with E-state index in [1.807, 2.05) is 29.4 Å². The van der Waals surface area contributed by atoms with Gasteiger partial charge in [-0.05, 0) is 47.9 Å². The zero-order chi connectivity index (χ0) is 20.3. The van der Waals surface area contributed by atoms with E-state index in [2.05, 4.69) is 56.4 Å². The topological polar surface area (TPSA) is 3.88 Å². The zero-order valence-electron chi connectivity index (χ0n) is 18.1. The van der Waals surface area contributed by atoms with E-state index in [1.54, 1.807) is 12.3 Å². The molecule has 0 unspecified atom stereocenters. The fourth-order valence-electron chi connectivity index (χ4n) is 3.92. The first-order chi connectivity index (χ1) is 13.1. The number of hydrogen-bond acceptors (Lipinski definition) is 1. The summed E-state index contributed by atoms with van der Waals surface area (Å²) in [6.07, 6.45) is 1.75. The van der Waals surface area contributed by atoms with Crippen molar-refractivity contribution < 1.29 is 8.68 Å². The van der Waals surface area contributed by atoms with Crippen LogP contribution < -0.4 is 14.9 Å². The Kier molecular flexibility index (Phi) is 3.13. The van der Waals surface area contributed by atoms with Crippen LogP contribution in [0.15, 0.2) is 64.5 Å². The maximum atomic E-state index is 7.71. The molecule has 2 aromatic carbocycles. The molecule has 25 heavy (non-hydrogen) atoms. The molecule has 2 heterocycles. The van der Waals surface area contributed by atoms with Crippen LogP contribution >= 0.6 is 11.8 Å². The van der Waals surface area contributed by atoms with Crippen LogP contribution in [0.3, 0.4) is 0 Å². The quantitative estimate of drug-likeness (QED) is 0.464. The normalized spacial score (nSPS) is 17.0. The molecule has 0 saturated heterocycles. The fourth-order valence-corrected chi connectivity index (χ4v) is 9.79. The SMILES string of the molecule is [2H]C([2H])([2H])c1ccc(-c2c(C)ccc3c2[Si](C)(C)c2ccccc2S3)[n+](C)c1. The van der Waals surface area contributed by atoms with Crippen molar-refractivity contribution in [2.75, 3.05) is 0 Å². The minimum Gasteiger partial charge on any atom is -0.201 e. The molecule has 3 aromatic rings.